The largest absolute Gasteiger partial charge is 0.368 e. The van der Waals surface area contributed by atoms with Crippen molar-refractivity contribution in [2.24, 2.45) is 5.41 Å². The summed E-state index contributed by atoms with van der Waals surface area (Å²) in [5.41, 5.74) is 7.24. The summed E-state index contributed by atoms with van der Waals surface area (Å²) >= 11 is 0. The third-order valence-electron chi connectivity index (χ3n) is 3.28. The monoisotopic (exact) mass is 164 g/mol. The predicted molar refractivity (Wildman–Crippen MR) is 44.6 cm³/mol. The van der Waals surface area contributed by atoms with Crippen LogP contribution in [0, 0.1) is 5.41 Å². The van der Waals surface area contributed by atoms with Crippen LogP contribution in [0.3, 0.4) is 0 Å². The fraction of sp³-hybridized carbons (Fsp3) is 0.667. The third-order valence-corrected chi connectivity index (χ3v) is 3.28. The van der Waals surface area contributed by atoms with Crippen LogP contribution < -0.4 is 5.73 Å². The molecule has 3 heteroatoms. The number of nitrogen functional groups attached to an aromatic ring is 1. The van der Waals surface area contributed by atoms with E-state index in [1.807, 2.05) is 6.07 Å². The normalized spacial score (nSPS) is 25.7. The van der Waals surface area contributed by atoms with E-state index in [1.54, 1.807) is 0 Å². The molecule has 0 bridgehead atoms. The Hall–Kier alpha value is -0.990. The van der Waals surface area contributed by atoms with Crippen LogP contribution in [0.1, 0.15) is 37.3 Å². The first-order valence-corrected chi connectivity index (χ1v) is 4.50. The maximum Gasteiger partial charge on any atom is 0.222 e. The van der Waals surface area contributed by atoms with Crippen LogP contribution in [0.15, 0.2) is 10.6 Å². The minimum atomic E-state index is 0.446. The van der Waals surface area contributed by atoms with Crippen molar-refractivity contribution in [3.8, 4) is 0 Å². The first-order chi connectivity index (χ1) is 5.77. The maximum absolute atomic E-state index is 5.45. The minimum absolute atomic E-state index is 0.446. The molecule has 3 rings (SSSR count). The van der Waals surface area contributed by atoms with Crippen molar-refractivity contribution in [2.75, 3.05) is 5.73 Å². The van der Waals surface area contributed by atoms with Crippen LogP contribution in [0.5, 0.6) is 0 Å². The lowest BCUT2D eigenvalue weighted by Crippen LogP contribution is -2.23. The molecule has 0 unspecified atom stereocenters. The summed E-state index contributed by atoms with van der Waals surface area (Å²) in [6.45, 7) is 0. The Kier molecular flexibility index (Phi) is 1.000. The minimum Gasteiger partial charge on any atom is -0.368 e. The molecule has 2 N–H and O–H groups in total. The van der Waals surface area contributed by atoms with Gasteiger partial charge in [-0.1, -0.05) is 5.16 Å². The Bertz CT molecular complexity index is 306. The van der Waals surface area contributed by atoms with Crippen molar-refractivity contribution in [3.63, 3.8) is 0 Å². The molecule has 1 heterocycles. The van der Waals surface area contributed by atoms with E-state index in [2.05, 4.69) is 5.16 Å². The maximum atomic E-state index is 5.45. The fourth-order valence-corrected chi connectivity index (χ4v) is 2.28. The molecule has 3 nitrogen and oxygen atoms in total. The number of hydrogen-bond acceptors (Lipinski definition) is 3. The van der Waals surface area contributed by atoms with Crippen LogP contribution in [0.2, 0.25) is 0 Å². The zero-order chi connectivity index (χ0) is 8.18. The molecular weight excluding hydrogens is 152 g/mol. The lowest BCUT2D eigenvalue weighted by atomic mass is 9.70. The molecule has 0 atom stereocenters. The first-order valence-electron chi connectivity index (χ1n) is 4.50. The Balaban J connectivity index is 1.75. The summed E-state index contributed by atoms with van der Waals surface area (Å²) in [6.07, 6.45) is 5.46. The number of hydrogen-bond donors (Lipinski definition) is 1. The molecule has 2 aliphatic carbocycles. The molecule has 0 amide bonds. The predicted octanol–water partition coefficient (Wildman–Crippen LogP) is 1.91. The molecule has 1 aromatic heterocycles. The molecule has 0 saturated heterocycles. The second-order valence-electron chi connectivity index (χ2n) is 4.26. The van der Waals surface area contributed by atoms with Gasteiger partial charge in [-0.15, -0.1) is 0 Å². The Morgan fingerprint density at radius 3 is 2.75 bits per heavy atom. The van der Waals surface area contributed by atoms with Crippen LogP contribution in [0.25, 0.3) is 0 Å². The van der Waals surface area contributed by atoms with Crippen molar-refractivity contribution in [1.82, 2.24) is 5.16 Å². The van der Waals surface area contributed by atoms with Crippen molar-refractivity contribution >= 4 is 5.88 Å². The summed E-state index contributed by atoms with van der Waals surface area (Å²) in [5, 5.41) is 3.93. The molecule has 1 spiro atoms. The van der Waals surface area contributed by atoms with Crippen LogP contribution >= 0.6 is 0 Å². The van der Waals surface area contributed by atoms with E-state index in [0.717, 1.165) is 11.1 Å². The molecule has 0 aliphatic heterocycles. The Labute approximate surface area is 70.9 Å². The summed E-state index contributed by atoms with van der Waals surface area (Å²) < 4.78 is 4.84. The summed E-state index contributed by atoms with van der Waals surface area (Å²) in [4.78, 5) is 0. The van der Waals surface area contributed by atoms with E-state index in [4.69, 9.17) is 10.3 Å². The average Bonchev–Trinajstić information content (AvgIpc) is 2.67. The van der Waals surface area contributed by atoms with Crippen LogP contribution in [0.4, 0.5) is 5.88 Å². The zero-order valence-electron chi connectivity index (χ0n) is 6.92. The highest BCUT2D eigenvalue weighted by Crippen LogP contribution is 2.66. The molecule has 64 valence electrons. The highest BCUT2D eigenvalue weighted by Gasteiger charge is 2.53. The van der Waals surface area contributed by atoms with Crippen molar-refractivity contribution in [2.45, 2.75) is 31.6 Å². The van der Waals surface area contributed by atoms with Crippen LogP contribution in [-0.2, 0) is 0 Å². The smallest absolute Gasteiger partial charge is 0.222 e. The van der Waals surface area contributed by atoms with E-state index in [9.17, 15) is 0 Å². The second-order valence-corrected chi connectivity index (χ2v) is 4.26. The Morgan fingerprint density at radius 2 is 2.25 bits per heavy atom. The highest BCUT2D eigenvalue weighted by molar-refractivity contribution is 5.29. The van der Waals surface area contributed by atoms with E-state index < -0.39 is 0 Å². The van der Waals surface area contributed by atoms with Gasteiger partial charge in [0.15, 0.2) is 0 Å². The quantitative estimate of drug-likeness (QED) is 0.689. The van der Waals surface area contributed by atoms with Gasteiger partial charge in [-0.25, -0.2) is 0 Å². The lowest BCUT2D eigenvalue weighted by Gasteiger charge is -2.34. The molecule has 1 aromatic rings. The number of aromatic nitrogens is 1. The molecule has 2 fully saturated rings. The number of nitrogens with two attached hydrogens (primary N) is 1. The van der Waals surface area contributed by atoms with Gasteiger partial charge in [-0.3, -0.25) is 0 Å². The zero-order valence-corrected chi connectivity index (χ0v) is 6.92. The molecule has 0 radical (unpaired) electrons. The molecule has 2 aliphatic rings. The van der Waals surface area contributed by atoms with Crippen LogP contribution in [-0.4, -0.2) is 5.16 Å². The van der Waals surface area contributed by atoms with Gasteiger partial charge in [-0.05, 0) is 31.1 Å². The standard InChI is InChI=1S/C9H12N2O/c10-8-3-7(11-12-8)6-4-9(5-6)1-2-9/h3,6H,1-2,4-5,10H2. The first kappa shape index (κ1) is 6.52. The topological polar surface area (TPSA) is 52.0 Å². The number of nitrogens with zero attached hydrogens (tertiary/aromatic N) is 1. The Morgan fingerprint density at radius 1 is 1.50 bits per heavy atom. The summed E-state index contributed by atoms with van der Waals surface area (Å²) in [6, 6.07) is 1.86. The van der Waals surface area contributed by atoms with Gasteiger partial charge >= 0.3 is 0 Å². The fourth-order valence-electron chi connectivity index (χ4n) is 2.28. The van der Waals surface area contributed by atoms with E-state index in [1.165, 1.54) is 25.7 Å². The van der Waals surface area contributed by atoms with Crippen molar-refractivity contribution in [1.29, 1.82) is 0 Å². The summed E-state index contributed by atoms with van der Waals surface area (Å²) in [7, 11) is 0. The molecule has 0 aromatic carbocycles. The van der Waals surface area contributed by atoms with Gasteiger partial charge in [0, 0.05) is 12.0 Å². The number of rotatable bonds is 1. The van der Waals surface area contributed by atoms with Crippen molar-refractivity contribution in [3.05, 3.63) is 11.8 Å². The highest BCUT2D eigenvalue weighted by atomic mass is 16.5. The third kappa shape index (κ3) is 0.792. The van der Waals surface area contributed by atoms with Crippen molar-refractivity contribution < 1.29 is 4.52 Å². The number of anilines is 1. The van der Waals surface area contributed by atoms with Gasteiger partial charge < -0.3 is 10.3 Å². The average molecular weight is 164 g/mol. The SMILES string of the molecule is Nc1cc(C2CC3(CC3)C2)no1. The second kappa shape index (κ2) is 1.84. The van der Waals surface area contributed by atoms with Gasteiger partial charge in [0.05, 0.1) is 5.69 Å². The van der Waals surface area contributed by atoms with E-state index >= 15 is 0 Å². The van der Waals surface area contributed by atoms with Gasteiger partial charge in [0.1, 0.15) is 0 Å². The molecule has 2 saturated carbocycles. The lowest BCUT2D eigenvalue weighted by molar-refractivity contribution is 0.227. The van der Waals surface area contributed by atoms with Gasteiger partial charge in [0.2, 0.25) is 5.88 Å². The molecule has 12 heavy (non-hydrogen) atoms. The molecular formula is C9H12N2O. The summed E-state index contributed by atoms with van der Waals surface area (Å²) in [5.74, 6) is 1.08. The van der Waals surface area contributed by atoms with E-state index in [-0.39, 0.29) is 0 Å². The van der Waals surface area contributed by atoms with Gasteiger partial charge in [0.25, 0.3) is 0 Å². The van der Waals surface area contributed by atoms with E-state index in [0.29, 0.717) is 11.8 Å². The van der Waals surface area contributed by atoms with Gasteiger partial charge in [-0.2, -0.15) is 0 Å².